The third-order valence-electron chi connectivity index (χ3n) is 5.43. The largest absolute Gasteiger partial charge is 0.381 e. The summed E-state index contributed by atoms with van der Waals surface area (Å²) in [6.07, 6.45) is 2.75. The minimum absolute atomic E-state index is 0.319. The van der Waals surface area contributed by atoms with Crippen LogP contribution < -0.4 is 5.32 Å². The molecule has 2 aromatic carbocycles. The van der Waals surface area contributed by atoms with Crippen LogP contribution in [0.2, 0.25) is 0 Å². The Balaban J connectivity index is 1.57. The van der Waals surface area contributed by atoms with Crippen molar-refractivity contribution in [2.45, 2.75) is 23.0 Å². The van der Waals surface area contributed by atoms with Crippen molar-refractivity contribution in [1.29, 1.82) is 0 Å². The Morgan fingerprint density at radius 1 is 1.07 bits per heavy atom. The summed E-state index contributed by atoms with van der Waals surface area (Å²) in [5.41, 5.74) is 2.41. The van der Waals surface area contributed by atoms with E-state index in [0.717, 1.165) is 31.1 Å². The standard InChI is InChI=1S/C21H19IN4O3S/c22-13-1-3-20-17(11-13)21(26-25-20)24-19-5-8-23-18-4-2-15(12-16(18)19)30(27,28)14-6-9-29-10-7-14/h1-5,8,11-12,14H,6-7,9-10H2,(H2,23,24,25,26). The first-order chi connectivity index (χ1) is 14.5. The molecular weight excluding hydrogens is 515 g/mol. The molecule has 0 saturated carbocycles. The predicted molar refractivity (Wildman–Crippen MR) is 125 cm³/mol. The Hall–Kier alpha value is -2.24. The molecule has 1 aliphatic heterocycles. The Morgan fingerprint density at radius 2 is 1.90 bits per heavy atom. The molecule has 1 saturated heterocycles. The minimum atomic E-state index is -3.43. The van der Waals surface area contributed by atoms with Gasteiger partial charge in [0.05, 0.1) is 26.9 Å². The molecule has 5 rings (SSSR count). The maximum Gasteiger partial charge on any atom is 0.181 e. The zero-order valence-electron chi connectivity index (χ0n) is 15.9. The number of pyridine rings is 1. The highest BCUT2D eigenvalue weighted by Gasteiger charge is 2.29. The SMILES string of the molecule is O=S(=O)(c1ccc2nccc(Nc3n[nH]c4ccc(I)cc34)c2c1)C1CCOCC1. The highest BCUT2D eigenvalue weighted by molar-refractivity contribution is 14.1. The van der Waals surface area contributed by atoms with Crippen LogP contribution in [-0.2, 0) is 14.6 Å². The molecule has 0 bridgehead atoms. The second-order valence-electron chi connectivity index (χ2n) is 7.28. The molecule has 0 spiro atoms. The molecule has 1 aliphatic rings. The number of aromatic amines is 1. The van der Waals surface area contributed by atoms with Crippen LogP contribution in [0.4, 0.5) is 11.5 Å². The van der Waals surface area contributed by atoms with E-state index in [1.807, 2.05) is 24.3 Å². The molecule has 1 fully saturated rings. The molecule has 7 nitrogen and oxygen atoms in total. The molecule has 0 aliphatic carbocycles. The van der Waals surface area contributed by atoms with E-state index >= 15 is 0 Å². The quantitative estimate of drug-likeness (QED) is 0.377. The summed E-state index contributed by atoms with van der Waals surface area (Å²) in [4.78, 5) is 4.72. The highest BCUT2D eigenvalue weighted by atomic mass is 127. The van der Waals surface area contributed by atoms with E-state index in [-0.39, 0.29) is 0 Å². The van der Waals surface area contributed by atoms with E-state index in [1.165, 1.54) is 0 Å². The van der Waals surface area contributed by atoms with Crippen LogP contribution in [0.3, 0.4) is 0 Å². The van der Waals surface area contributed by atoms with Crippen LogP contribution in [0, 0.1) is 3.57 Å². The van der Waals surface area contributed by atoms with E-state index in [9.17, 15) is 8.42 Å². The van der Waals surface area contributed by atoms with Crippen LogP contribution in [0.5, 0.6) is 0 Å². The van der Waals surface area contributed by atoms with E-state index < -0.39 is 15.1 Å². The average Bonchev–Trinajstić information content (AvgIpc) is 3.16. The van der Waals surface area contributed by atoms with Gasteiger partial charge >= 0.3 is 0 Å². The van der Waals surface area contributed by atoms with E-state index in [0.29, 0.717) is 36.8 Å². The number of halogens is 1. The number of aromatic nitrogens is 3. The van der Waals surface area contributed by atoms with Crippen molar-refractivity contribution in [2.75, 3.05) is 18.5 Å². The van der Waals surface area contributed by atoms with Gasteiger partial charge in [0.2, 0.25) is 0 Å². The molecule has 0 amide bonds. The number of nitrogens with zero attached hydrogens (tertiary/aromatic N) is 2. The number of anilines is 2. The lowest BCUT2D eigenvalue weighted by Gasteiger charge is -2.22. The molecule has 3 heterocycles. The average molecular weight is 534 g/mol. The smallest absolute Gasteiger partial charge is 0.181 e. The number of benzene rings is 2. The summed E-state index contributed by atoms with van der Waals surface area (Å²) < 4.78 is 32.7. The monoisotopic (exact) mass is 534 g/mol. The second-order valence-corrected chi connectivity index (χ2v) is 10.8. The number of hydrogen-bond acceptors (Lipinski definition) is 6. The lowest BCUT2D eigenvalue weighted by molar-refractivity contribution is 0.0983. The Labute approximate surface area is 187 Å². The molecule has 154 valence electrons. The molecule has 4 aromatic rings. The first kappa shape index (κ1) is 19.7. The summed E-state index contributed by atoms with van der Waals surface area (Å²) >= 11 is 2.27. The van der Waals surface area contributed by atoms with Crippen molar-refractivity contribution >= 4 is 65.7 Å². The molecular formula is C21H19IN4O3S. The third-order valence-corrected chi connectivity index (χ3v) is 8.36. The third kappa shape index (κ3) is 3.54. The normalized spacial score (nSPS) is 15.6. The van der Waals surface area contributed by atoms with Gasteiger partial charge in [-0.2, -0.15) is 5.10 Å². The molecule has 2 aromatic heterocycles. The molecule has 0 unspecified atom stereocenters. The number of H-pyrrole nitrogens is 1. The zero-order valence-corrected chi connectivity index (χ0v) is 18.9. The number of nitrogens with one attached hydrogen (secondary N) is 2. The number of sulfone groups is 1. The fraction of sp³-hybridized carbons (Fsp3) is 0.238. The van der Waals surface area contributed by atoms with Crippen LogP contribution in [0.15, 0.2) is 53.6 Å². The number of hydrogen-bond donors (Lipinski definition) is 2. The fourth-order valence-corrected chi connectivity index (χ4v) is 6.03. The highest BCUT2D eigenvalue weighted by Crippen LogP contribution is 2.32. The number of fused-ring (bicyclic) bond motifs is 2. The predicted octanol–water partition coefficient (Wildman–Crippen LogP) is 4.41. The lowest BCUT2D eigenvalue weighted by atomic mass is 10.2. The summed E-state index contributed by atoms with van der Waals surface area (Å²) in [5.74, 6) is 0.689. The van der Waals surface area contributed by atoms with Crippen LogP contribution in [-0.4, -0.2) is 42.1 Å². The van der Waals surface area contributed by atoms with Crippen LogP contribution >= 0.6 is 22.6 Å². The van der Waals surface area contributed by atoms with Gasteiger partial charge in [-0.05, 0) is 77.9 Å². The zero-order chi connectivity index (χ0) is 20.7. The van der Waals surface area contributed by atoms with Crippen molar-refractivity contribution < 1.29 is 13.2 Å². The van der Waals surface area contributed by atoms with Crippen molar-refractivity contribution in [3.63, 3.8) is 0 Å². The first-order valence-corrected chi connectivity index (χ1v) is 12.3. The van der Waals surface area contributed by atoms with Gasteiger partial charge in [-0.1, -0.05) is 0 Å². The van der Waals surface area contributed by atoms with Gasteiger partial charge in [0.15, 0.2) is 15.7 Å². The van der Waals surface area contributed by atoms with Gasteiger partial charge in [0.1, 0.15) is 0 Å². The summed E-state index contributed by atoms with van der Waals surface area (Å²) in [7, 11) is -3.43. The van der Waals surface area contributed by atoms with Gasteiger partial charge in [-0.15, -0.1) is 0 Å². The van der Waals surface area contributed by atoms with Gasteiger partial charge in [0, 0.05) is 33.8 Å². The van der Waals surface area contributed by atoms with E-state index in [4.69, 9.17) is 4.74 Å². The van der Waals surface area contributed by atoms with Gasteiger partial charge in [-0.25, -0.2) is 8.42 Å². The van der Waals surface area contributed by atoms with E-state index in [1.54, 1.807) is 24.4 Å². The van der Waals surface area contributed by atoms with Gasteiger partial charge in [0.25, 0.3) is 0 Å². The summed E-state index contributed by atoms with van der Waals surface area (Å²) in [5, 5.41) is 12.1. The maximum absolute atomic E-state index is 13.2. The number of ether oxygens (including phenoxy) is 1. The van der Waals surface area contributed by atoms with Crippen molar-refractivity contribution in [3.8, 4) is 0 Å². The van der Waals surface area contributed by atoms with Crippen molar-refractivity contribution in [1.82, 2.24) is 15.2 Å². The Bertz CT molecular complexity index is 1350. The summed E-state index contributed by atoms with van der Waals surface area (Å²) in [6, 6.07) is 13.0. The second kappa shape index (κ2) is 7.78. The molecule has 30 heavy (non-hydrogen) atoms. The molecule has 9 heteroatoms. The van der Waals surface area contributed by atoms with Gasteiger partial charge < -0.3 is 10.1 Å². The van der Waals surface area contributed by atoms with Gasteiger partial charge in [-0.3, -0.25) is 10.1 Å². The minimum Gasteiger partial charge on any atom is -0.381 e. The Morgan fingerprint density at radius 3 is 2.73 bits per heavy atom. The lowest BCUT2D eigenvalue weighted by Crippen LogP contribution is -2.28. The maximum atomic E-state index is 13.2. The Kier molecular flexibility index (Phi) is 5.11. The molecule has 2 N–H and O–H groups in total. The number of rotatable bonds is 4. The van der Waals surface area contributed by atoms with Crippen molar-refractivity contribution in [3.05, 3.63) is 52.2 Å². The molecule has 0 atom stereocenters. The van der Waals surface area contributed by atoms with Crippen LogP contribution in [0.1, 0.15) is 12.8 Å². The first-order valence-electron chi connectivity index (χ1n) is 9.63. The van der Waals surface area contributed by atoms with E-state index in [2.05, 4.69) is 43.1 Å². The van der Waals surface area contributed by atoms with Crippen LogP contribution in [0.25, 0.3) is 21.8 Å². The van der Waals surface area contributed by atoms with Crippen molar-refractivity contribution in [2.24, 2.45) is 0 Å². The summed E-state index contributed by atoms with van der Waals surface area (Å²) in [6.45, 7) is 0.966. The fourth-order valence-electron chi connectivity index (χ4n) is 3.80. The topological polar surface area (TPSA) is 97.0 Å². The molecule has 0 radical (unpaired) electrons.